The Morgan fingerprint density at radius 1 is 1.04 bits per heavy atom. The van der Waals surface area contributed by atoms with Crippen LogP contribution >= 0.6 is 0 Å². The van der Waals surface area contributed by atoms with Crippen LogP contribution in [0.15, 0.2) is 20.6 Å². The lowest BCUT2D eigenvalue weighted by molar-refractivity contribution is -0.140. The monoisotopic (exact) mass is 324 g/mol. The minimum absolute atomic E-state index is 0.213. The van der Waals surface area contributed by atoms with Crippen LogP contribution in [0.1, 0.15) is 54.9 Å². The summed E-state index contributed by atoms with van der Waals surface area (Å²) < 4.78 is 0. The van der Waals surface area contributed by atoms with E-state index < -0.39 is 0 Å². The first kappa shape index (κ1) is 21.1. The van der Waals surface area contributed by atoms with Crippen LogP contribution < -0.4 is 0 Å². The summed E-state index contributed by atoms with van der Waals surface area (Å²) in [6, 6.07) is 0. The molecule has 0 saturated heterocycles. The van der Waals surface area contributed by atoms with Crippen molar-refractivity contribution in [1.29, 1.82) is 0 Å². The lowest BCUT2D eigenvalue weighted by Gasteiger charge is -1.97. The zero-order chi connectivity index (χ0) is 18.0. The van der Waals surface area contributed by atoms with Crippen molar-refractivity contribution in [3.63, 3.8) is 0 Å². The highest BCUT2D eigenvalue weighted by Gasteiger charge is 2.19. The molecule has 2 heterocycles. The molecule has 0 spiro atoms. The van der Waals surface area contributed by atoms with E-state index in [0.717, 1.165) is 11.4 Å². The Morgan fingerprint density at radius 2 is 1.57 bits per heavy atom. The predicted molar refractivity (Wildman–Crippen MR) is 90.5 cm³/mol. The summed E-state index contributed by atoms with van der Waals surface area (Å²) in [5.41, 5.74) is 1.94. The molecule has 0 aliphatic carbocycles. The molecule has 2 aliphatic rings. The van der Waals surface area contributed by atoms with E-state index in [0.29, 0.717) is 24.8 Å². The van der Waals surface area contributed by atoms with Gasteiger partial charge in [-0.3, -0.25) is 4.79 Å². The van der Waals surface area contributed by atoms with Crippen LogP contribution in [0.25, 0.3) is 0 Å². The Balaban J connectivity index is 0.000000323. The minimum Gasteiger partial charge on any atom is -0.318 e. The standard InChI is InChI=1S/C6H9NO2.C5H9N3.C5H10O/c1-4(2)5-3-6(8)9-7-5;1-4(2)5-3-6-8-7-5;1-4(2)5(3)6/h4H,3H2,1-2H3;4H,3H2,1-2H3;4H,1-3H3. The quantitative estimate of drug-likeness (QED) is 0.742. The van der Waals surface area contributed by atoms with Crippen LogP contribution in [0, 0.1) is 17.8 Å². The number of oxime groups is 1. The minimum atomic E-state index is -0.237. The molecular weight excluding hydrogens is 296 g/mol. The molecule has 0 bridgehead atoms. The SMILES string of the molecule is CC(=O)C(C)C.CC(C)C1=NN=NC1.CC(C)C1=NOC(=O)C1. The van der Waals surface area contributed by atoms with Gasteiger partial charge in [0, 0.05) is 5.92 Å². The average molecular weight is 324 g/mol. The summed E-state index contributed by atoms with van der Waals surface area (Å²) in [5.74, 6) is 1.07. The summed E-state index contributed by atoms with van der Waals surface area (Å²) in [5, 5.41) is 14.6. The summed E-state index contributed by atoms with van der Waals surface area (Å²) >= 11 is 0. The fourth-order valence-electron chi connectivity index (χ4n) is 1.15. The number of ketones is 1. The topological polar surface area (TPSA) is 92.8 Å². The van der Waals surface area contributed by atoms with Gasteiger partial charge in [-0.05, 0) is 24.0 Å². The fraction of sp³-hybridized carbons (Fsp3) is 0.750. The van der Waals surface area contributed by atoms with Crippen molar-refractivity contribution in [2.75, 3.05) is 6.54 Å². The van der Waals surface area contributed by atoms with Gasteiger partial charge < -0.3 is 4.84 Å². The molecule has 0 atom stereocenters. The van der Waals surface area contributed by atoms with E-state index in [2.05, 4.69) is 39.3 Å². The molecule has 0 aromatic rings. The molecule has 0 unspecified atom stereocenters. The van der Waals surface area contributed by atoms with E-state index in [9.17, 15) is 9.59 Å². The molecule has 0 radical (unpaired) electrons. The maximum Gasteiger partial charge on any atom is 0.340 e. The molecule has 0 amide bonds. The highest BCUT2D eigenvalue weighted by atomic mass is 16.7. The van der Waals surface area contributed by atoms with E-state index >= 15 is 0 Å². The maximum atomic E-state index is 10.4. The third-order valence-electron chi connectivity index (χ3n) is 3.21. The Hall–Kier alpha value is -1.92. The second-order valence-corrected chi connectivity index (χ2v) is 6.28. The lowest BCUT2D eigenvalue weighted by atomic mass is 10.1. The summed E-state index contributed by atoms with van der Waals surface area (Å²) in [6.45, 7) is 14.2. The molecule has 130 valence electrons. The van der Waals surface area contributed by atoms with Gasteiger partial charge in [0.2, 0.25) is 0 Å². The largest absolute Gasteiger partial charge is 0.340 e. The number of hydrogen-bond donors (Lipinski definition) is 0. The maximum absolute atomic E-state index is 10.4. The molecule has 7 nitrogen and oxygen atoms in total. The number of Topliss-reactive ketones (excluding diaryl/α,β-unsaturated/α-hetero) is 1. The van der Waals surface area contributed by atoms with Gasteiger partial charge in [0.05, 0.1) is 17.8 Å². The third kappa shape index (κ3) is 9.65. The Morgan fingerprint density at radius 3 is 1.74 bits per heavy atom. The smallest absolute Gasteiger partial charge is 0.318 e. The average Bonchev–Trinajstić information content (AvgIpc) is 3.10. The summed E-state index contributed by atoms with van der Waals surface area (Å²) in [6.07, 6.45) is 0.373. The molecule has 23 heavy (non-hydrogen) atoms. The first-order valence-corrected chi connectivity index (χ1v) is 7.85. The first-order valence-electron chi connectivity index (χ1n) is 7.85. The predicted octanol–water partition coefficient (Wildman–Crippen LogP) is 3.64. The van der Waals surface area contributed by atoms with Crippen molar-refractivity contribution >= 4 is 23.2 Å². The van der Waals surface area contributed by atoms with Gasteiger partial charge in [-0.15, -0.1) is 5.10 Å². The van der Waals surface area contributed by atoms with Crippen molar-refractivity contribution < 1.29 is 14.4 Å². The number of carbonyl (C=O) groups excluding carboxylic acids is 2. The van der Waals surface area contributed by atoms with Crippen LogP contribution in [-0.2, 0) is 14.4 Å². The molecule has 0 saturated carbocycles. The van der Waals surface area contributed by atoms with Gasteiger partial charge in [0.15, 0.2) is 0 Å². The first-order chi connectivity index (χ1) is 10.6. The van der Waals surface area contributed by atoms with Crippen molar-refractivity contribution in [3.05, 3.63) is 0 Å². The van der Waals surface area contributed by atoms with E-state index in [1.165, 1.54) is 0 Å². The summed E-state index contributed by atoms with van der Waals surface area (Å²) in [4.78, 5) is 24.9. The van der Waals surface area contributed by atoms with E-state index in [1.807, 2.05) is 27.7 Å². The molecule has 0 fully saturated rings. The van der Waals surface area contributed by atoms with Crippen LogP contribution in [-0.4, -0.2) is 29.7 Å². The van der Waals surface area contributed by atoms with Crippen LogP contribution in [0.2, 0.25) is 0 Å². The van der Waals surface area contributed by atoms with Gasteiger partial charge in [-0.2, -0.15) is 5.11 Å². The van der Waals surface area contributed by atoms with Crippen LogP contribution in [0.5, 0.6) is 0 Å². The third-order valence-corrected chi connectivity index (χ3v) is 3.21. The molecule has 2 aliphatic heterocycles. The highest BCUT2D eigenvalue weighted by Crippen LogP contribution is 2.09. The van der Waals surface area contributed by atoms with Gasteiger partial charge >= 0.3 is 5.97 Å². The van der Waals surface area contributed by atoms with Crippen molar-refractivity contribution in [3.8, 4) is 0 Å². The zero-order valence-corrected chi connectivity index (χ0v) is 15.2. The van der Waals surface area contributed by atoms with Crippen molar-refractivity contribution in [2.45, 2.75) is 54.9 Å². The van der Waals surface area contributed by atoms with E-state index in [4.69, 9.17) is 0 Å². The highest BCUT2D eigenvalue weighted by molar-refractivity contribution is 6.02. The number of rotatable bonds is 3. The van der Waals surface area contributed by atoms with Crippen molar-refractivity contribution in [1.82, 2.24) is 0 Å². The zero-order valence-electron chi connectivity index (χ0n) is 15.2. The fourth-order valence-corrected chi connectivity index (χ4v) is 1.15. The van der Waals surface area contributed by atoms with Crippen LogP contribution in [0.3, 0.4) is 0 Å². The molecule has 0 N–H and O–H groups in total. The second kappa shape index (κ2) is 10.7. The Bertz CT molecular complexity index is 492. The molecule has 0 aromatic heterocycles. The number of hydrogen-bond acceptors (Lipinski definition) is 7. The summed E-state index contributed by atoms with van der Waals surface area (Å²) in [7, 11) is 0. The van der Waals surface area contributed by atoms with E-state index in [-0.39, 0.29) is 17.7 Å². The normalized spacial score (nSPS) is 15.7. The van der Waals surface area contributed by atoms with Crippen LogP contribution in [0.4, 0.5) is 0 Å². The molecule has 7 heteroatoms. The Labute approximate surface area is 138 Å². The van der Waals surface area contributed by atoms with Gasteiger partial charge in [0.1, 0.15) is 12.3 Å². The molecular formula is C16H28N4O3. The Kier molecular flexibility index (Phi) is 9.85. The number of carbonyl (C=O) groups is 2. The molecule has 2 rings (SSSR count). The number of nitrogens with zero attached hydrogens (tertiary/aromatic N) is 4. The molecule has 0 aromatic carbocycles. The van der Waals surface area contributed by atoms with Gasteiger partial charge in [-0.1, -0.05) is 46.7 Å². The second-order valence-electron chi connectivity index (χ2n) is 6.28. The van der Waals surface area contributed by atoms with E-state index in [1.54, 1.807) is 6.92 Å². The van der Waals surface area contributed by atoms with Gasteiger partial charge in [-0.25, -0.2) is 4.79 Å². The van der Waals surface area contributed by atoms with Gasteiger partial charge in [0.25, 0.3) is 0 Å². The lowest BCUT2D eigenvalue weighted by Crippen LogP contribution is -2.07. The van der Waals surface area contributed by atoms with Crippen molar-refractivity contribution in [2.24, 2.45) is 38.3 Å².